The highest BCUT2D eigenvalue weighted by Gasteiger charge is 2.33. The Morgan fingerprint density at radius 1 is 1.17 bits per heavy atom. The molecule has 0 saturated heterocycles. The molecule has 0 saturated carbocycles. The molecule has 2 aromatic rings. The van der Waals surface area contributed by atoms with Gasteiger partial charge in [-0.05, 0) is 18.6 Å². The van der Waals surface area contributed by atoms with Gasteiger partial charge in [0.1, 0.15) is 18.5 Å². The number of ether oxygens (including phenoxy) is 2. The van der Waals surface area contributed by atoms with E-state index in [0.29, 0.717) is 6.61 Å². The van der Waals surface area contributed by atoms with Gasteiger partial charge in [0.2, 0.25) is 5.91 Å². The summed E-state index contributed by atoms with van der Waals surface area (Å²) in [6.07, 6.45) is -0.202. The molecule has 3 rings (SSSR count). The fourth-order valence-corrected chi connectivity index (χ4v) is 2.94. The summed E-state index contributed by atoms with van der Waals surface area (Å²) >= 11 is 0. The maximum Gasteiger partial charge on any atom is 0.227 e. The van der Waals surface area contributed by atoms with Crippen LogP contribution in [0.25, 0.3) is 0 Å². The van der Waals surface area contributed by atoms with Gasteiger partial charge in [-0.25, -0.2) is 0 Å². The molecular weight excluding hydrogens is 290 g/mol. The summed E-state index contributed by atoms with van der Waals surface area (Å²) in [6, 6.07) is 17.3. The zero-order valence-electron chi connectivity index (χ0n) is 13.4. The second-order valence-electron chi connectivity index (χ2n) is 5.75. The predicted molar refractivity (Wildman–Crippen MR) is 88.5 cm³/mol. The fraction of sp³-hybridized carbons (Fsp3) is 0.316. The van der Waals surface area contributed by atoms with Crippen LogP contribution >= 0.6 is 0 Å². The lowest BCUT2D eigenvalue weighted by Crippen LogP contribution is -2.47. The monoisotopic (exact) mass is 311 g/mol. The third-order valence-corrected chi connectivity index (χ3v) is 4.28. The van der Waals surface area contributed by atoms with E-state index in [1.54, 1.807) is 7.11 Å². The quantitative estimate of drug-likeness (QED) is 0.944. The highest BCUT2D eigenvalue weighted by atomic mass is 16.5. The van der Waals surface area contributed by atoms with Crippen molar-refractivity contribution in [2.75, 3.05) is 13.7 Å². The summed E-state index contributed by atoms with van der Waals surface area (Å²) in [5.74, 6) is 0.582. The van der Waals surface area contributed by atoms with E-state index in [4.69, 9.17) is 9.47 Å². The summed E-state index contributed by atoms with van der Waals surface area (Å²) in [5.41, 5.74) is 1.97. The molecule has 1 amide bonds. The van der Waals surface area contributed by atoms with Crippen molar-refractivity contribution in [3.8, 4) is 5.75 Å². The van der Waals surface area contributed by atoms with Crippen molar-refractivity contribution in [3.05, 3.63) is 65.7 Å². The number of amides is 1. The molecule has 0 fully saturated rings. The van der Waals surface area contributed by atoms with E-state index in [0.717, 1.165) is 16.9 Å². The molecule has 23 heavy (non-hydrogen) atoms. The number of fused-ring (bicyclic) bond motifs is 1. The summed E-state index contributed by atoms with van der Waals surface area (Å²) in [6.45, 7) is 2.31. The number of para-hydroxylation sites is 1. The molecule has 0 aromatic heterocycles. The number of methoxy groups -OCH3 is 1. The van der Waals surface area contributed by atoms with Crippen LogP contribution in [0.1, 0.15) is 30.1 Å². The van der Waals surface area contributed by atoms with Crippen molar-refractivity contribution < 1.29 is 14.3 Å². The van der Waals surface area contributed by atoms with E-state index in [2.05, 4.69) is 5.32 Å². The zero-order valence-corrected chi connectivity index (χ0v) is 13.4. The molecule has 0 unspecified atom stereocenters. The molecule has 1 aliphatic rings. The largest absolute Gasteiger partial charge is 0.491 e. The second-order valence-corrected chi connectivity index (χ2v) is 5.75. The average Bonchev–Trinajstić information content (AvgIpc) is 2.61. The van der Waals surface area contributed by atoms with Gasteiger partial charge in [0.25, 0.3) is 0 Å². The zero-order chi connectivity index (χ0) is 16.2. The van der Waals surface area contributed by atoms with Gasteiger partial charge in [-0.15, -0.1) is 0 Å². The first-order chi connectivity index (χ1) is 11.2. The van der Waals surface area contributed by atoms with Crippen molar-refractivity contribution in [1.82, 2.24) is 5.32 Å². The number of benzene rings is 2. The summed E-state index contributed by atoms with van der Waals surface area (Å²) in [4.78, 5) is 12.6. The Bertz CT molecular complexity index is 671. The van der Waals surface area contributed by atoms with Crippen LogP contribution in [0.15, 0.2) is 54.6 Å². The van der Waals surface area contributed by atoms with Crippen molar-refractivity contribution in [2.24, 2.45) is 0 Å². The van der Waals surface area contributed by atoms with E-state index in [1.165, 1.54) is 0 Å². The average molecular weight is 311 g/mol. The smallest absolute Gasteiger partial charge is 0.227 e. The Morgan fingerprint density at radius 2 is 1.87 bits per heavy atom. The molecule has 1 heterocycles. The Hall–Kier alpha value is -2.33. The first-order valence-corrected chi connectivity index (χ1v) is 7.80. The lowest BCUT2D eigenvalue weighted by molar-refractivity contribution is -0.124. The second kappa shape index (κ2) is 6.84. The minimum absolute atomic E-state index is 0.0220. The Labute approximate surface area is 136 Å². The predicted octanol–water partition coefficient (Wildman–Crippen LogP) is 3.06. The first kappa shape index (κ1) is 15.6. The van der Waals surface area contributed by atoms with Gasteiger partial charge in [0.05, 0.1) is 12.0 Å². The van der Waals surface area contributed by atoms with E-state index >= 15 is 0 Å². The highest BCUT2D eigenvalue weighted by Crippen LogP contribution is 2.34. The standard InChI is InChI=1S/C19H21NO3/c1-13(14-8-4-3-5-9-14)19(21)20-16-12-23-17-11-7-6-10-15(17)18(16)22-2/h3-11,13,16,18H,12H2,1-2H3,(H,20,21)/t13-,16+,18+/m0/s1. The van der Waals surface area contributed by atoms with Gasteiger partial charge in [0, 0.05) is 12.7 Å². The molecule has 3 atom stereocenters. The van der Waals surface area contributed by atoms with E-state index in [9.17, 15) is 4.79 Å². The molecule has 120 valence electrons. The number of nitrogens with one attached hydrogen (secondary N) is 1. The van der Waals surface area contributed by atoms with Crippen LogP contribution in [-0.2, 0) is 9.53 Å². The van der Waals surface area contributed by atoms with Crippen LogP contribution < -0.4 is 10.1 Å². The molecule has 4 nitrogen and oxygen atoms in total. The molecule has 1 N–H and O–H groups in total. The summed E-state index contributed by atoms with van der Waals surface area (Å²) < 4.78 is 11.4. The van der Waals surface area contributed by atoms with Crippen molar-refractivity contribution in [1.29, 1.82) is 0 Å². The highest BCUT2D eigenvalue weighted by molar-refractivity contribution is 5.83. The summed E-state index contributed by atoms with van der Waals surface area (Å²) in [5, 5.41) is 3.07. The van der Waals surface area contributed by atoms with E-state index in [1.807, 2.05) is 61.5 Å². The Kier molecular flexibility index (Phi) is 4.63. The van der Waals surface area contributed by atoms with Gasteiger partial charge in [0.15, 0.2) is 0 Å². The number of hydrogen-bond donors (Lipinski definition) is 1. The molecule has 0 aliphatic carbocycles. The summed E-state index contributed by atoms with van der Waals surface area (Å²) in [7, 11) is 1.66. The van der Waals surface area contributed by atoms with Crippen LogP contribution in [0.2, 0.25) is 0 Å². The molecule has 0 radical (unpaired) electrons. The van der Waals surface area contributed by atoms with Crippen LogP contribution in [0.4, 0.5) is 0 Å². The van der Waals surface area contributed by atoms with Gasteiger partial charge in [-0.1, -0.05) is 48.5 Å². The maximum atomic E-state index is 12.6. The third kappa shape index (κ3) is 3.22. The Balaban J connectivity index is 1.74. The number of rotatable bonds is 4. The first-order valence-electron chi connectivity index (χ1n) is 7.80. The fourth-order valence-electron chi connectivity index (χ4n) is 2.94. The van der Waals surface area contributed by atoms with E-state index in [-0.39, 0.29) is 24.0 Å². The molecule has 4 heteroatoms. The molecule has 2 aromatic carbocycles. The van der Waals surface area contributed by atoms with Crippen LogP contribution in [-0.4, -0.2) is 25.7 Å². The SMILES string of the molecule is CO[C@@H]1c2ccccc2OC[C@H]1NC(=O)[C@@H](C)c1ccccc1. The van der Waals surface area contributed by atoms with Crippen LogP contribution in [0.5, 0.6) is 5.75 Å². The van der Waals surface area contributed by atoms with Crippen LogP contribution in [0.3, 0.4) is 0 Å². The molecule has 0 spiro atoms. The van der Waals surface area contributed by atoms with Crippen molar-refractivity contribution in [2.45, 2.75) is 25.0 Å². The van der Waals surface area contributed by atoms with Gasteiger partial charge in [-0.2, -0.15) is 0 Å². The number of carbonyl (C=O) groups excluding carboxylic acids is 1. The van der Waals surface area contributed by atoms with E-state index < -0.39 is 0 Å². The molecule has 1 aliphatic heterocycles. The minimum atomic E-state index is -0.217. The molecular formula is C19H21NO3. The van der Waals surface area contributed by atoms with Crippen molar-refractivity contribution >= 4 is 5.91 Å². The number of hydrogen-bond acceptors (Lipinski definition) is 3. The molecule has 0 bridgehead atoms. The third-order valence-electron chi connectivity index (χ3n) is 4.28. The van der Waals surface area contributed by atoms with Gasteiger partial charge in [-0.3, -0.25) is 4.79 Å². The topological polar surface area (TPSA) is 47.6 Å². The normalized spacial score (nSPS) is 21.0. The maximum absolute atomic E-state index is 12.6. The lowest BCUT2D eigenvalue weighted by Gasteiger charge is -2.33. The van der Waals surface area contributed by atoms with Crippen molar-refractivity contribution in [3.63, 3.8) is 0 Å². The van der Waals surface area contributed by atoms with Crippen LogP contribution in [0, 0.1) is 0 Å². The number of carbonyl (C=O) groups is 1. The minimum Gasteiger partial charge on any atom is -0.491 e. The lowest BCUT2D eigenvalue weighted by atomic mass is 9.96. The van der Waals surface area contributed by atoms with Gasteiger partial charge < -0.3 is 14.8 Å². The van der Waals surface area contributed by atoms with Gasteiger partial charge >= 0.3 is 0 Å². The Morgan fingerprint density at radius 3 is 2.61 bits per heavy atom.